The number of allylic oxidation sites excluding steroid dienone is 1. The van der Waals surface area contributed by atoms with Gasteiger partial charge in [-0.05, 0) is 12.0 Å². The van der Waals surface area contributed by atoms with Crippen molar-refractivity contribution in [1.29, 1.82) is 0 Å². The van der Waals surface area contributed by atoms with Gasteiger partial charge in [0.15, 0.2) is 0 Å². The second-order valence-electron chi connectivity index (χ2n) is 1.98. The second kappa shape index (κ2) is 6.99. The molecule has 62 valence electrons. The van der Waals surface area contributed by atoms with Crippen LogP contribution < -0.4 is 12.3 Å². The Labute approximate surface area is 68.1 Å². The summed E-state index contributed by atoms with van der Waals surface area (Å²) in [6.07, 6.45) is 2.89. The topological polar surface area (TPSA) is 70.0 Å². The number of benzene rings is 1. The van der Waals surface area contributed by atoms with E-state index in [9.17, 15) is 0 Å². The fraction of sp³-hybridized carbons (Fsp3) is 0.111. The van der Waals surface area contributed by atoms with Gasteiger partial charge in [-0.25, -0.2) is 0 Å². The molecule has 0 aliphatic rings. The number of hydrogen-bond acceptors (Lipinski definition) is 2. The van der Waals surface area contributed by atoms with Crippen LogP contribution in [0.1, 0.15) is 5.56 Å². The van der Waals surface area contributed by atoms with Gasteiger partial charge in [0.2, 0.25) is 0 Å². The van der Waals surface area contributed by atoms with Crippen LogP contribution in [0.3, 0.4) is 0 Å². The molecule has 0 fully saturated rings. The summed E-state index contributed by atoms with van der Waals surface area (Å²) in [6, 6.07) is 10.3. The highest BCUT2D eigenvalue weighted by atomic mass is 14.0. The van der Waals surface area contributed by atoms with Gasteiger partial charge in [-0.3, -0.25) is 0 Å². The molecule has 0 atom stereocenters. The zero-order chi connectivity index (χ0) is 6.53. The normalized spacial score (nSPS) is 7.27. The van der Waals surface area contributed by atoms with Crippen molar-refractivity contribution in [2.24, 2.45) is 0 Å². The molecule has 2 nitrogen and oxygen atoms in total. The van der Waals surface area contributed by atoms with Crippen LogP contribution in [-0.4, -0.2) is 0 Å². The molecular formula is C9H16N2. The summed E-state index contributed by atoms with van der Waals surface area (Å²) in [5.74, 6) is 0. The van der Waals surface area contributed by atoms with Gasteiger partial charge in [0.05, 0.1) is 0 Å². The maximum atomic E-state index is 3.66. The molecule has 0 aliphatic heterocycles. The van der Waals surface area contributed by atoms with E-state index in [1.54, 1.807) is 0 Å². The third-order valence-corrected chi connectivity index (χ3v) is 1.22. The van der Waals surface area contributed by atoms with Crippen LogP contribution >= 0.6 is 0 Å². The van der Waals surface area contributed by atoms with E-state index in [1.165, 1.54) is 5.56 Å². The summed E-state index contributed by atoms with van der Waals surface area (Å²) in [7, 11) is 0. The Hall–Kier alpha value is -1.12. The Bertz CT molecular complexity index is 182. The molecule has 0 spiro atoms. The van der Waals surface area contributed by atoms with Crippen LogP contribution in [-0.2, 0) is 6.42 Å². The van der Waals surface area contributed by atoms with E-state index in [2.05, 4.69) is 18.7 Å². The van der Waals surface area contributed by atoms with Crippen molar-refractivity contribution >= 4 is 0 Å². The summed E-state index contributed by atoms with van der Waals surface area (Å²) in [4.78, 5) is 0. The van der Waals surface area contributed by atoms with E-state index < -0.39 is 0 Å². The van der Waals surface area contributed by atoms with Gasteiger partial charge in [-0.2, -0.15) is 0 Å². The van der Waals surface area contributed by atoms with Crippen LogP contribution in [0.5, 0.6) is 0 Å². The molecule has 0 radical (unpaired) electrons. The van der Waals surface area contributed by atoms with Crippen LogP contribution in [0.15, 0.2) is 43.0 Å². The summed E-state index contributed by atoms with van der Waals surface area (Å²) < 4.78 is 0. The monoisotopic (exact) mass is 152 g/mol. The molecule has 0 aliphatic carbocycles. The molecule has 6 N–H and O–H groups in total. The molecule has 2 heteroatoms. The number of rotatable bonds is 2. The molecule has 1 rings (SSSR count). The van der Waals surface area contributed by atoms with Crippen molar-refractivity contribution < 1.29 is 0 Å². The Balaban J connectivity index is 0. The molecule has 0 saturated carbocycles. The van der Waals surface area contributed by atoms with E-state index in [-0.39, 0.29) is 12.3 Å². The summed E-state index contributed by atoms with van der Waals surface area (Å²) in [5.41, 5.74) is 1.33. The average molecular weight is 152 g/mol. The van der Waals surface area contributed by atoms with E-state index in [4.69, 9.17) is 0 Å². The van der Waals surface area contributed by atoms with Gasteiger partial charge in [0.25, 0.3) is 0 Å². The highest BCUT2D eigenvalue weighted by Crippen LogP contribution is 1.98. The lowest BCUT2D eigenvalue weighted by molar-refractivity contribution is 1.28. The van der Waals surface area contributed by atoms with Crippen molar-refractivity contribution in [2.45, 2.75) is 6.42 Å². The summed E-state index contributed by atoms with van der Waals surface area (Å²) in [6.45, 7) is 3.66. The molecular weight excluding hydrogens is 136 g/mol. The lowest BCUT2D eigenvalue weighted by atomic mass is 10.2. The smallest absolute Gasteiger partial charge is 0.0100 e. The highest BCUT2D eigenvalue weighted by molar-refractivity contribution is 5.16. The van der Waals surface area contributed by atoms with Gasteiger partial charge >= 0.3 is 0 Å². The molecule has 0 bridgehead atoms. The van der Waals surface area contributed by atoms with Crippen molar-refractivity contribution in [2.75, 3.05) is 0 Å². The standard InChI is InChI=1S/C9H10.2H3N/c1-2-6-9-7-4-3-5-8-9;;/h2-5,7-8H,1,6H2;2*1H3. The van der Waals surface area contributed by atoms with Gasteiger partial charge in [0.1, 0.15) is 0 Å². The van der Waals surface area contributed by atoms with E-state index in [0.717, 1.165) is 6.42 Å². The first-order valence-corrected chi connectivity index (χ1v) is 3.08. The Morgan fingerprint density at radius 1 is 1.09 bits per heavy atom. The Morgan fingerprint density at radius 3 is 2.09 bits per heavy atom. The first-order chi connectivity index (χ1) is 4.43. The van der Waals surface area contributed by atoms with Crippen LogP contribution in [0.2, 0.25) is 0 Å². The second-order valence-corrected chi connectivity index (χ2v) is 1.98. The lowest BCUT2D eigenvalue weighted by Gasteiger charge is -1.91. The lowest BCUT2D eigenvalue weighted by Crippen LogP contribution is -1.75. The minimum atomic E-state index is 0. The third kappa shape index (κ3) is 4.31. The predicted molar refractivity (Wildman–Crippen MR) is 50.4 cm³/mol. The van der Waals surface area contributed by atoms with Crippen molar-refractivity contribution in [3.05, 3.63) is 48.6 Å². The molecule has 0 unspecified atom stereocenters. The minimum absolute atomic E-state index is 0. The summed E-state index contributed by atoms with van der Waals surface area (Å²) in [5, 5.41) is 0. The van der Waals surface area contributed by atoms with E-state index >= 15 is 0 Å². The van der Waals surface area contributed by atoms with Gasteiger partial charge in [-0.15, -0.1) is 6.58 Å². The maximum Gasteiger partial charge on any atom is -0.0100 e. The van der Waals surface area contributed by atoms with Crippen LogP contribution in [0.25, 0.3) is 0 Å². The third-order valence-electron chi connectivity index (χ3n) is 1.22. The van der Waals surface area contributed by atoms with Gasteiger partial charge in [-0.1, -0.05) is 36.4 Å². The highest BCUT2D eigenvalue weighted by Gasteiger charge is 1.82. The summed E-state index contributed by atoms with van der Waals surface area (Å²) >= 11 is 0. The Morgan fingerprint density at radius 2 is 1.64 bits per heavy atom. The predicted octanol–water partition coefficient (Wildman–Crippen LogP) is 2.74. The molecule has 0 heterocycles. The zero-order valence-corrected chi connectivity index (χ0v) is 6.79. The molecule has 0 aromatic heterocycles. The molecule has 11 heavy (non-hydrogen) atoms. The van der Waals surface area contributed by atoms with Gasteiger partial charge < -0.3 is 12.3 Å². The SMILES string of the molecule is C=CCc1ccccc1.N.N. The average Bonchev–Trinajstić information content (AvgIpc) is 1.91. The van der Waals surface area contributed by atoms with Crippen LogP contribution in [0.4, 0.5) is 0 Å². The number of hydrogen-bond donors (Lipinski definition) is 2. The maximum absolute atomic E-state index is 3.66. The van der Waals surface area contributed by atoms with E-state index in [1.807, 2.05) is 24.3 Å². The van der Waals surface area contributed by atoms with Crippen molar-refractivity contribution in [3.63, 3.8) is 0 Å². The quantitative estimate of drug-likeness (QED) is 0.639. The fourth-order valence-electron chi connectivity index (χ4n) is 0.781. The molecule has 0 amide bonds. The molecule has 1 aromatic rings. The Kier molecular flexibility index (Phi) is 7.98. The van der Waals surface area contributed by atoms with Crippen molar-refractivity contribution in [3.8, 4) is 0 Å². The first-order valence-electron chi connectivity index (χ1n) is 3.08. The molecule has 0 saturated heterocycles. The zero-order valence-electron chi connectivity index (χ0n) is 6.79. The fourth-order valence-corrected chi connectivity index (χ4v) is 0.781. The first kappa shape index (κ1) is 12.5. The van der Waals surface area contributed by atoms with Crippen molar-refractivity contribution in [1.82, 2.24) is 12.3 Å². The van der Waals surface area contributed by atoms with Gasteiger partial charge in [0, 0.05) is 0 Å². The minimum Gasteiger partial charge on any atom is -0.344 e. The van der Waals surface area contributed by atoms with E-state index in [0.29, 0.717) is 0 Å². The van der Waals surface area contributed by atoms with Crippen LogP contribution in [0, 0.1) is 0 Å². The largest absolute Gasteiger partial charge is 0.344 e. The molecule has 1 aromatic carbocycles.